The highest BCUT2D eigenvalue weighted by Crippen LogP contribution is 2.38. The molecule has 17 aromatic rings. The van der Waals surface area contributed by atoms with E-state index in [2.05, 4.69) is 161 Å². The second kappa shape index (κ2) is 38.5. The average molecular weight is 1780 g/mol. The van der Waals surface area contributed by atoms with Crippen molar-refractivity contribution in [3.05, 3.63) is 227 Å². The van der Waals surface area contributed by atoms with Gasteiger partial charge in [0.2, 0.25) is 11.8 Å². The van der Waals surface area contributed by atoms with Crippen LogP contribution in [0.2, 0.25) is 0 Å². The van der Waals surface area contributed by atoms with Gasteiger partial charge >= 0.3 is 0 Å². The van der Waals surface area contributed by atoms with Crippen molar-refractivity contribution in [2.75, 3.05) is 102 Å². The molecule has 2 aliphatic heterocycles. The summed E-state index contributed by atoms with van der Waals surface area (Å²) in [5.41, 5.74) is 16.6. The molecule has 0 spiro atoms. The van der Waals surface area contributed by atoms with Crippen LogP contribution in [0.25, 0.3) is 95.9 Å². The summed E-state index contributed by atoms with van der Waals surface area (Å²) in [6.45, 7) is 22.2. The molecule has 37 nitrogen and oxygen atoms in total. The maximum absolute atomic E-state index is 13.9. The van der Waals surface area contributed by atoms with E-state index in [1.165, 1.54) is 28.8 Å². The molecule has 2 fully saturated rings. The molecule has 10 aromatic heterocycles. The van der Waals surface area contributed by atoms with Gasteiger partial charge in [-0.25, -0.2) is 28.7 Å². The number of aromatic amines is 8. The molecule has 0 aliphatic carbocycles. The van der Waals surface area contributed by atoms with E-state index >= 15 is 0 Å². The fourth-order valence-corrected chi connectivity index (χ4v) is 14.9. The zero-order chi connectivity index (χ0) is 91.8. The number of rotatable bonds is 23. The number of halogens is 2. The monoisotopic (exact) mass is 1780 g/mol. The van der Waals surface area contributed by atoms with Crippen LogP contribution in [0.1, 0.15) is 94.8 Å². The van der Waals surface area contributed by atoms with E-state index in [0.29, 0.717) is 114 Å². The number of nitrogens with zero attached hydrogens (tertiary/aromatic N) is 15. The number of hydrogen-bond acceptors (Lipinski definition) is 23. The highest BCUT2D eigenvalue weighted by atomic mass is 19.1. The summed E-state index contributed by atoms with van der Waals surface area (Å²) in [4.78, 5) is 89.3. The van der Waals surface area contributed by atoms with Crippen LogP contribution in [0.3, 0.4) is 0 Å². The second-order valence-corrected chi connectivity index (χ2v) is 32.7. The maximum Gasteiger partial charge on any atom is 0.278 e. The van der Waals surface area contributed by atoms with Crippen molar-refractivity contribution in [2.24, 2.45) is 7.05 Å². The van der Waals surface area contributed by atoms with Crippen LogP contribution >= 0.6 is 0 Å². The van der Waals surface area contributed by atoms with E-state index in [1.807, 2.05) is 99.6 Å². The SMILES string of the molecule is CC(C)(C(=O)Nc1cn[nH]c1-c1nc2ccc(CN3CCOCC3)cc2[nH]1)c1ccccc1.COc1cc2nc(-c3[nH]ncc3NC(=O)c3cc(C(C)(C)C)nn3C)[nH]c2cc1OC.COc1cc2nc(-c3[nH]ncc3NC(=O)c3nn(-c4ccc(C)cc4)nc3C)[nH]c2cc1OC.O=C(Cc1c(F)cccc1F)Nc1cn[nH]c1-c1nc2ccc(CN3CCOCC3)cc2[nH]1. The number of anilines is 4. The molecule has 0 atom stereocenters. The molecule has 0 radical (unpaired) electrons. The van der Waals surface area contributed by atoms with Crippen molar-refractivity contribution in [3.8, 4) is 74.8 Å². The van der Waals surface area contributed by atoms with Gasteiger partial charge in [-0.05, 0) is 99.0 Å². The first-order valence-electron chi connectivity index (χ1n) is 42.0. The molecule has 39 heteroatoms. The summed E-state index contributed by atoms with van der Waals surface area (Å²) in [5.74, 6) is 1.59. The topological polar surface area (TPSA) is 456 Å². The van der Waals surface area contributed by atoms with Crippen LogP contribution in [-0.4, -0.2) is 220 Å². The minimum absolute atomic E-state index is 0.111. The van der Waals surface area contributed by atoms with Gasteiger partial charge in [-0.15, -0.1) is 5.10 Å². The first-order valence-corrected chi connectivity index (χ1v) is 42.0. The first-order chi connectivity index (χ1) is 63.2. The predicted molar refractivity (Wildman–Crippen MR) is 489 cm³/mol. The lowest BCUT2D eigenvalue weighted by Crippen LogP contribution is -2.35. The van der Waals surface area contributed by atoms with Gasteiger partial charge in [0.25, 0.3) is 11.8 Å². The number of carbonyl (C=O) groups excluding carboxylic acids is 4. The van der Waals surface area contributed by atoms with Crippen molar-refractivity contribution in [1.29, 1.82) is 0 Å². The number of hydrogen-bond donors (Lipinski definition) is 12. The van der Waals surface area contributed by atoms with Crippen molar-refractivity contribution >= 4 is 90.5 Å². The number of aryl methyl sites for hydroxylation is 3. The van der Waals surface area contributed by atoms with Gasteiger partial charge in [0.15, 0.2) is 52.0 Å². The molecule has 4 amide bonds. The van der Waals surface area contributed by atoms with Crippen LogP contribution in [0, 0.1) is 25.5 Å². The summed E-state index contributed by atoms with van der Waals surface area (Å²) in [7, 11) is 8.04. The number of morpholine rings is 2. The number of amides is 4. The summed E-state index contributed by atoms with van der Waals surface area (Å²) in [5, 5.41) is 52.5. The third kappa shape index (κ3) is 20.1. The van der Waals surface area contributed by atoms with Crippen molar-refractivity contribution < 1.29 is 56.4 Å². The van der Waals surface area contributed by atoms with Gasteiger partial charge in [0.05, 0.1) is 175 Å². The van der Waals surface area contributed by atoms with Crippen LogP contribution in [0.5, 0.6) is 23.0 Å². The highest BCUT2D eigenvalue weighted by molar-refractivity contribution is 6.06. The van der Waals surface area contributed by atoms with Crippen LogP contribution in [0.4, 0.5) is 31.5 Å². The lowest BCUT2D eigenvalue weighted by Gasteiger charge is -2.26. The smallest absolute Gasteiger partial charge is 0.278 e. The fourth-order valence-electron chi connectivity index (χ4n) is 14.9. The predicted octanol–water partition coefficient (Wildman–Crippen LogP) is 13.6. The van der Waals surface area contributed by atoms with Crippen LogP contribution in [0.15, 0.2) is 164 Å². The van der Waals surface area contributed by atoms with E-state index in [4.69, 9.17) is 33.4 Å². The molecular formula is C92H97F2N27O10. The molecule has 19 rings (SSSR count). The van der Waals surface area contributed by atoms with Gasteiger partial charge in [-0.2, -0.15) is 35.4 Å². The average Bonchev–Trinajstić information content (AvgIpc) is 1.64. The minimum atomic E-state index is -0.761. The Hall–Kier alpha value is -15.6. The minimum Gasteiger partial charge on any atom is -0.493 e. The Morgan fingerprint density at radius 1 is 0.466 bits per heavy atom. The normalized spacial score (nSPS) is 13.1. The highest BCUT2D eigenvalue weighted by Gasteiger charge is 2.32. The Morgan fingerprint density at radius 2 is 0.893 bits per heavy atom. The van der Waals surface area contributed by atoms with Crippen molar-refractivity contribution in [1.82, 2.24) is 115 Å². The third-order valence-corrected chi connectivity index (χ3v) is 22.2. The maximum atomic E-state index is 13.9. The summed E-state index contributed by atoms with van der Waals surface area (Å²) in [6.07, 6.45) is 5.67. The van der Waals surface area contributed by atoms with Crippen LogP contribution < -0.4 is 40.2 Å². The zero-order valence-electron chi connectivity index (χ0n) is 73.9. The summed E-state index contributed by atoms with van der Waals surface area (Å²) >= 11 is 0. The van der Waals surface area contributed by atoms with Crippen molar-refractivity contribution in [3.63, 3.8) is 0 Å². The standard InChI is InChI=1S/C25H28N6O2.C23H22F2N6O2.C23H22N8O3.C21H25N7O3/c1-25(2,18-6-4-3-5-7-18)24(32)29-21-15-26-30-22(21)23-27-19-9-8-17(14-20(19)28-23)16-31-10-12-33-13-11-31;24-16-2-1-3-17(25)15(16)11-21(32)27-20-12-26-30-22(20)23-28-18-5-4-14(10-19(18)29-23)13-31-6-8-33-9-7-31;1-12-5-7-14(8-6-12)31-29-13(2)20(30-31)23(32)27-17-11-24-28-21(17)22-25-15-9-18(33-3)19(34-4)10-16(15)26-22;1-21(2,3)17-9-14(28(4)27-17)20(29)25-13-10-22-26-18(13)19-23-11-7-15(30-5)16(31-6)8-12(11)24-19/h3-9,14-15H,10-13,16H2,1-2H3,(H,26,30)(H,27,28)(H,29,32);1-5,10,12H,6-9,11,13H2,(H,26,30)(H,27,32)(H,28,29);5-11H,1-4H3,(H,24,28)(H,25,26)(H,27,32);7-10H,1-6H3,(H,22,26)(H,23,24)(H,25,29). The summed E-state index contributed by atoms with van der Waals surface area (Å²) in [6, 6.07) is 42.2. The van der Waals surface area contributed by atoms with Gasteiger partial charge in [-0.3, -0.25) is 54.1 Å². The van der Waals surface area contributed by atoms with Crippen LogP contribution in [-0.2, 0) is 56.5 Å². The number of H-pyrrole nitrogens is 8. The Morgan fingerprint density at radius 3 is 1.34 bits per heavy atom. The quantitative estimate of drug-likeness (QED) is 0.0283. The number of methoxy groups -OCH3 is 4. The lowest BCUT2D eigenvalue weighted by molar-refractivity contribution is -0.120. The number of fused-ring (bicyclic) bond motifs is 4. The molecule has 674 valence electrons. The van der Waals surface area contributed by atoms with E-state index in [1.54, 1.807) is 83.8 Å². The molecular weight excluding hydrogens is 1680 g/mol. The second-order valence-electron chi connectivity index (χ2n) is 32.7. The number of imidazole rings is 4. The van der Waals surface area contributed by atoms with Gasteiger partial charge in [-0.1, -0.05) is 87.0 Å². The number of ether oxygens (including phenoxy) is 6. The number of carbonyl (C=O) groups is 4. The molecule has 0 unspecified atom stereocenters. The van der Waals surface area contributed by atoms with Crippen molar-refractivity contribution in [2.45, 2.75) is 78.8 Å². The first kappa shape index (κ1) is 88.8. The van der Waals surface area contributed by atoms with E-state index < -0.39 is 35.3 Å². The Labute approximate surface area is 748 Å². The largest absolute Gasteiger partial charge is 0.493 e. The molecule has 0 saturated carbocycles. The molecule has 2 aliphatic rings. The van der Waals surface area contributed by atoms with E-state index in [0.717, 1.165) is 139 Å². The molecule has 12 N–H and O–H groups in total. The summed E-state index contributed by atoms with van der Waals surface area (Å²) < 4.78 is 61.6. The van der Waals surface area contributed by atoms with E-state index in [-0.39, 0.29) is 28.5 Å². The Balaban J connectivity index is 0.000000128. The number of nitrogens with one attached hydrogen (secondary N) is 12. The molecule has 12 heterocycles. The zero-order valence-corrected chi connectivity index (χ0v) is 73.9. The molecule has 0 bridgehead atoms. The molecule has 131 heavy (non-hydrogen) atoms. The van der Waals surface area contributed by atoms with Gasteiger partial charge < -0.3 is 69.6 Å². The van der Waals surface area contributed by atoms with Gasteiger partial charge in [0.1, 0.15) is 40.1 Å². The van der Waals surface area contributed by atoms with Gasteiger partial charge in [0, 0.05) is 81.6 Å². The fraction of sp³-hybridized carbons (Fsp3) is 0.272. The number of benzene rings is 7. The molecule has 7 aromatic carbocycles. The van der Waals surface area contributed by atoms with E-state index in [9.17, 15) is 28.0 Å². The molecule has 2 saturated heterocycles. The Bertz CT molecular complexity index is 6850. The third-order valence-electron chi connectivity index (χ3n) is 22.2. The lowest BCUT2D eigenvalue weighted by atomic mass is 9.83. The Kier molecular flexibility index (Phi) is 26.1. The number of aromatic nitrogens is 21.